The molecule has 0 N–H and O–H groups in total. The SMILES string of the molecule is CCCN1C(=O)N(Cc2ccccc2)C2(CCN(C(=O)c3cscn3)CC2)C1=O. The lowest BCUT2D eigenvalue weighted by Crippen LogP contribution is -2.57. The van der Waals surface area contributed by atoms with E-state index in [1.165, 1.54) is 16.2 Å². The standard InChI is InChI=1S/C21H24N4O3S/c1-2-10-24-19(27)21(25(20(24)28)13-16-6-4-3-5-7-16)8-11-23(12-9-21)18(26)17-14-29-15-22-17/h3-7,14-15H,2,8-13H2,1H3. The number of likely N-dealkylation sites (tertiary alicyclic amines) is 1. The largest absolute Gasteiger partial charge is 0.337 e. The number of hydrogen-bond donors (Lipinski definition) is 0. The van der Waals surface area contributed by atoms with Crippen LogP contribution in [0.1, 0.15) is 42.2 Å². The second-order valence-electron chi connectivity index (χ2n) is 7.51. The molecule has 4 amide bonds. The molecule has 2 fully saturated rings. The van der Waals surface area contributed by atoms with Crippen LogP contribution in [0.5, 0.6) is 0 Å². The normalized spacial score (nSPS) is 18.7. The van der Waals surface area contributed by atoms with Crippen LogP contribution in [-0.2, 0) is 11.3 Å². The molecule has 29 heavy (non-hydrogen) atoms. The smallest absolute Gasteiger partial charge is 0.327 e. The number of piperidine rings is 1. The van der Waals surface area contributed by atoms with E-state index < -0.39 is 5.54 Å². The molecule has 0 radical (unpaired) electrons. The number of imide groups is 1. The van der Waals surface area contributed by atoms with Crippen LogP contribution in [0.4, 0.5) is 4.79 Å². The molecule has 0 bridgehead atoms. The molecule has 1 aromatic carbocycles. The maximum absolute atomic E-state index is 13.3. The Kier molecular flexibility index (Phi) is 5.36. The van der Waals surface area contributed by atoms with Crippen molar-refractivity contribution in [3.8, 4) is 0 Å². The number of amides is 4. The highest BCUT2D eigenvalue weighted by atomic mass is 32.1. The van der Waals surface area contributed by atoms with E-state index >= 15 is 0 Å². The van der Waals surface area contributed by atoms with Crippen molar-refractivity contribution in [2.45, 2.75) is 38.3 Å². The Hall–Kier alpha value is -2.74. The third-order valence-electron chi connectivity index (χ3n) is 5.78. The second-order valence-corrected chi connectivity index (χ2v) is 8.23. The maximum Gasteiger partial charge on any atom is 0.327 e. The van der Waals surface area contributed by atoms with Crippen molar-refractivity contribution >= 4 is 29.2 Å². The lowest BCUT2D eigenvalue weighted by molar-refractivity contribution is -0.135. The highest BCUT2D eigenvalue weighted by molar-refractivity contribution is 7.07. The third-order valence-corrected chi connectivity index (χ3v) is 6.37. The monoisotopic (exact) mass is 412 g/mol. The van der Waals surface area contributed by atoms with Crippen LogP contribution in [0.3, 0.4) is 0 Å². The summed E-state index contributed by atoms with van der Waals surface area (Å²) in [4.78, 5) is 48.1. The zero-order chi connectivity index (χ0) is 20.4. The summed E-state index contributed by atoms with van der Waals surface area (Å²) in [5.41, 5.74) is 2.20. The molecule has 152 valence electrons. The first-order chi connectivity index (χ1) is 14.1. The molecular formula is C21H24N4O3S. The molecule has 0 atom stereocenters. The Balaban J connectivity index is 1.58. The van der Waals surface area contributed by atoms with Crippen molar-refractivity contribution in [3.63, 3.8) is 0 Å². The predicted octanol–water partition coefficient (Wildman–Crippen LogP) is 2.99. The lowest BCUT2D eigenvalue weighted by atomic mass is 9.85. The number of carbonyl (C=O) groups is 3. The topological polar surface area (TPSA) is 73.8 Å². The molecule has 1 aromatic heterocycles. The van der Waals surface area contributed by atoms with Gasteiger partial charge in [-0.3, -0.25) is 14.5 Å². The Morgan fingerprint density at radius 1 is 1.17 bits per heavy atom. The average molecular weight is 413 g/mol. The van der Waals surface area contributed by atoms with Crippen molar-refractivity contribution in [2.75, 3.05) is 19.6 Å². The summed E-state index contributed by atoms with van der Waals surface area (Å²) in [7, 11) is 0. The molecular weight excluding hydrogens is 388 g/mol. The fourth-order valence-corrected chi connectivity index (χ4v) is 4.76. The van der Waals surface area contributed by atoms with E-state index in [4.69, 9.17) is 0 Å². The first-order valence-electron chi connectivity index (χ1n) is 9.92. The van der Waals surface area contributed by atoms with Gasteiger partial charge in [0.05, 0.1) is 5.51 Å². The number of rotatable bonds is 5. The van der Waals surface area contributed by atoms with Crippen molar-refractivity contribution in [2.24, 2.45) is 0 Å². The molecule has 7 nitrogen and oxygen atoms in total. The van der Waals surface area contributed by atoms with Gasteiger partial charge in [0, 0.05) is 31.6 Å². The lowest BCUT2D eigenvalue weighted by Gasteiger charge is -2.42. The number of nitrogens with zero attached hydrogens (tertiary/aromatic N) is 4. The van der Waals surface area contributed by atoms with Gasteiger partial charge in [0.1, 0.15) is 11.2 Å². The summed E-state index contributed by atoms with van der Waals surface area (Å²) in [6.45, 7) is 3.64. The Morgan fingerprint density at radius 2 is 1.90 bits per heavy atom. The number of aromatic nitrogens is 1. The van der Waals surface area contributed by atoms with Gasteiger partial charge in [0.15, 0.2) is 0 Å². The maximum atomic E-state index is 13.3. The molecule has 2 aromatic rings. The van der Waals surface area contributed by atoms with Gasteiger partial charge in [0.2, 0.25) is 0 Å². The minimum Gasteiger partial charge on any atom is -0.337 e. The van der Waals surface area contributed by atoms with E-state index in [-0.39, 0.29) is 17.8 Å². The first-order valence-corrected chi connectivity index (χ1v) is 10.9. The Bertz CT molecular complexity index is 892. The molecule has 0 aliphatic carbocycles. The second kappa shape index (κ2) is 7.94. The summed E-state index contributed by atoms with van der Waals surface area (Å²) in [6.07, 6.45) is 1.61. The van der Waals surface area contributed by atoms with Gasteiger partial charge in [0.25, 0.3) is 11.8 Å². The zero-order valence-corrected chi connectivity index (χ0v) is 17.2. The molecule has 4 rings (SSSR count). The van der Waals surface area contributed by atoms with E-state index in [0.29, 0.717) is 44.7 Å². The number of thiazole rings is 1. The van der Waals surface area contributed by atoms with Gasteiger partial charge < -0.3 is 9.80 Å². The van der Waals surface area contributed by atoms with Crippen LogP contribution >= 0.6 is 11.3 Å². The molecule has 1 spiro atoms. The van der Waals surface area contributed by atoms with E-state index in [1.807, 2.05) is 37.3 Å². The van der Waals surface area contributed by atoms with Crippen LogP contribution in [0, 0.1) is 0 Å². The van der Waals surface area contributed by atoms with E-state index in [2.05, 4.69) is 4.98 Å². The number of carbonyl (C=O) groups excluding carboxylic acids is 3. The fourth-order valence-electron chi connectivity index (χ4n) is 4.23. The molecule has 0 saturated carbocycles. The molecule has 2 saturated heterocycles. The van der Waals surface area contributed by atoms with Crippen molar-refractivity contribution in [1.29, 1.82) is 0 Å². The van der Waals surface area contributed by atoms with Crippen LogP contribution in [0.25, 0.3) is 0 Å². The molecule has 0 unspecified atom stereocenters. The number of urea groups is 1. The van der Waals surface area contributed by atoms with Crippen LogP contribution in [-0.4, -0.2) is 62.7 Å². The Morgan fingerprint density at radius 3 is 2.52 bits per heavy atom. The van der Waals surface area contributed by atoms with Crippen molar-refractivity contribution < 1.29 is 14.4 Å². The minimum atomic E-state index is -0.874. The van der Waals surface area contributed by atoms with E-state index in [9.17, 15) is 14.4 Å². The molecule has 2 aliphatic rings. The van der Waals surface area contributed by atoms with Crippen molar-refractivity contribution in [3.05, 3.63) is 52.5 Å². The predicted molar refractivity (Wildman–Crippen MR) is 109 cm³/mol. The number of benzene rings is 1. The third kappa shape index (κ3) is 3.42. The minimum absolute atomic E-state index is 0.113. The summed E-state index contributed by atoms with van der Waals surface area (Å²) in [5.74, 6) is -0.237. The summed E-state index contributed by atoms with van der Waals surface area (Å²) < 4.78 is 0. The van der Waals surface area contributed by atoms with Gasteiger partial charge >= 0.3 is 6.03 Å². The highest BCUT2D eigenvalue weighted by Gasteiger charge is 2.57. The number of hydrogen-bond acceptors (Lipinski definition) is 5. The van der Waals surface area contributed by atoms with Crippen LogP contribution in [0.15, 0.2) is 41.2 Å². The quantitative estimate of drug-likeness (QED) is 0.708. The van der Waals surface area contributed by atoms with E-state index in [0.717, 1.165) is 12.0 Å². The van der Waals surface area contributed by atoms with Crippen LogP contribution < -0.4 is 0 Å². The van der Waals surface area contributed by atoms with Crippen molar-refractivity contribution in [1.82, 2.24) is 19.7 Å². The van der Waals surface area contributed by atoms with Gasteiger partial charge in [-0.15, -0.1) is 11.3 Å². The molecule has 3 heterocycles. The average Bonchev–Trinajstić information content (AvgIpc) is 3.35. The summed E-state index contributed by atoms with van der Waals surface area (Å²) in [6, 6.07) is 9.51. The summed E-state index contributed by atoms with van der Waals surface area (Å²) in [5, 5.41) is 1.74. The molecule has 8 heteroatoms. The zero-order valence-electron chi connectivity index (χ0n) is 16.4. The van der Waals surface area contributed by atoms with E-state index in [1.54, 1.807) is 20.7 Å². The Labute approximate surface area is 173 Å². The fraction of sp³-hybridized carbons (Fsp3) is 0.429. The van der Waals surface area contributed by atoms with Gasteiger partial charge in [-0.05, 0) is 24.8 Å². The first kappa shape index (κ1) is 19.6. The van der Waals surface area contributed by atoms with Crippen LogP contribution in [0.2, 0.25) is 0 Å². The van der Waals surface area contributed by atoms with Gasteiger partial charge in [-0.2, -0.15) is 0 Å². The molecule has 2 aliphatic heterocycles. The highest BCUT2D eigenvalue weighted by Crippen LogP contribution is 2.38. The van der Waals surface area contributed by atoms with Gasteiger partial charge in [-0.1, -0.05) is 37.3 Å². The summed E-state index contributed by atoms with van der Waals surface area (Å²) >= 11 is 1.39. The van der Waals surface area contributed by atoms with Gasteiger partial charge in [-0.25, -0.2) is 9.78 Å².